The zero-order valence-electron chi connectivity index (χ0n) is 18.2. The lowest BCUT2D eigenvalue weighted by Crippen LogP contribution is -2.49. The van der Waals surface area contributed by atoms with Gasteiger partial charge in [-0.15, -0.1) is 0 Å². The van der Waals surface area contributed by atoms with Gasteiger partial charge in [-0.2, -0.15) is 0 Å². The molecule has 0 spiro atoms. The molecule has 0 saturated carbocycles. The molecule has 1 saturated heterocycles. The van der Waals surface area contributed by atoms with Crippen LogP contribution >= 0.6 is 0 Å². The van der Waals surface area contributed by atoms with Crippen LogP contribution in [0.4, 0.5) is 14.5 Å². The molecule has 1 aliphatic heterocycles. The molecule has 2 amide bonds. The maximum Gasteiger partial charge on any atom is 0.243 e. The molecule has 1 aliphatic rings. The summed E-state index contributed by atoms with van der Waals surface area (Å²) in [5.41, 5.74) is 1.43. The lowest BCUT2D eigenvalue weighted by Gasteiger charge is -2.34. The van der Waals surface area contributed by atoms with Crippen LogP contribution in [0.5, 0.6) is 0 Å². The maximum atomic E-state index is 13.2. The second kappa shape index (κ2) is 10.5. The van der Waals surface area contributed by atoms with Crippen molar-refractivity contribution in [3.8, 4) is 0 Å². The number of nitrogens with zero attached hydrogens (tertiary/aromatic N) is 2. The van der Waals surface area contributed by atoms with E-state index in [1.807, 2.05) is 6.07 Å². The molecule has 4 rings (SSSR count). The Kier molecular flexibility index (Phi) is 7.26. The van der Waals surface area contributed by atoms with E-state index in [-0.39, 0.29) is 24.7 Å². The number of carbonyl (C=O) groups excluding carboxylic acids is 2. The summed E-state index contributed by atoms with van der Waals surface area (Å²) in [6, 6.07) is 17.8. The van der Waals surface area contributed by atoms with Gasteiger partial charge in [0.2, 0.25) is 11.8 Å². The molecule has 33 heavy (non-hydrogen) atoms. The molecule has 8 heteroatoms. The smallest absolute Gasteiger partial charge is 0.243 e. The summed E-state index contributed by atoms with van der Waals surface area (Å²) >= 11 is 0. The molecule has 2 N–H and O–H groups in total. The second-order valence-electron chi connectivity index (χ2n) is 8.14. The molecule has 172 valence electrons. The Bertz CT molecular complexity index is 1140. The van der Waals surface area contributed by atoms with E-state index in [1.54, 1.807) is 0 Å². The molecule has 3 aromatic rings. The fourth-order valence-electron chi connectivity index (χ4n) is 3.99. The first-order valence-electron chi connectivity index (χ1n) is 10.9. The van der Waals surface area contributed by atoms with Crippen molar-refractivity contribution < 1.29 is 18.4 Å². The number of hydrogen-bond donors (Lipinski definition) is 2. The molecule has 1 heterocycles. The van der Waals surface area contributed by atoms with Crippen molar-refractivity contribution >= 4 is 28.3 Å². The quantitative estimate of drug-likeness (QED) is 0.579. The van der Waals surface area contributed by atoms with Crippen molar-refractivity contribution in [3.63, 3.8) is 0 Å². The van der Waals surface area contributed by atoms with Gasteiger partial charge >= 0.3 is 0 Å². The molecule has 0 radical (unpaired) electrons. The number of carbonyl (C=O) groups is 2. The summed E-state index contributed by atoms with van der Waals surface area (Å²) in [6.07, 6.45) is 0. The predicted molar refractivity (Wildman–Crippen MR) is 124 cm³/mol. The number of benzene rings is 3. The maximum absolute atomic E-state index is 13.2. The van der Waals surface area contributed by atoms with Crippen LogP contribution < -0.4 is 10.6 Å². The van der Waals surface area contributed by atoms with Crippen molar-refractivity contribution in [1.82, 2.24) is 15.1 Å². The van der Waals surface area contributed by atoms with Crippen LogP contribution in [-0.4, -0.2) is 60.9 Å². The number of piperazine rings is 1. The highest BCUT2D eigenvalue weighted by molar-refractivity contribution is 5.94. The molecule has 6 nitrogen and oxygen atoms in total. The predicted octanol–water partition coefficient (Wildman–Crippen LogP) is 2.99. The molecule has 0 bridgehead atoms. The zero-order valence-corrected chi connectivity index (χ0v) is 18.2. The van der Waals surface area contributed by atoms with Crippen LogP contribution in [-0.2, 0) is 16.1 Å². The summed E-state index contributed by atoms with van der Waals surface area (Å²) in [5.74, 6) is -2.79. The minimum Gasteiger partial charge on any atom is -0.346 e. The molecule has 1 fully saturated rings. The van der Waals surface area contributed by atoms with Crippen LogP contribution in [0.1, 0.15) is 5.56 Å². The molecule has 0 aliphatic carbocycles. The van der Waals surface area contributed by atoms with E-state index in [0.29, 0.717) is 0 Å². The first-order chi connectivity index (χ1) is 16.0. The summed E-state index contributed by atoms with van der Waals surface area (Å²) in [5, 5.41) is 7.51. The molecular formula is C25H26F2N4O2. The lowest BCUT2D eigenvalue weighted by atomic mass is 10.0. The fourth-order valence-corrected chi connectivity index (χ4v) is 3.99. The van der Waals surface area contributed by atoms with Gasteiger partial charge < -0.3 is 10.6 Å². The van der Waals surface area contributed by atoms with Gasteiger partial charge in [-0.05, 0) is 28.5 Å². The van der Waals surface area contributed by atoms with Gasteiger partial charge in [0.25, 0.3) is 0 Å². The summed E-state index contributed by atoms with van der Waals surface area (Å²) in [6.45, 7) is 4.07. The van der Waals surface area contributed by atoms with Gasteiger partial charge in [-0.3, -0.25) is 19.4 Å². The number of hydrogen-bond acceptors (Lipinski definition) is 4. The highest BCUT2D eigenvalue weighted by Gasteiger charge is 2.20. The van der Waals surface area contributed by atoms with Crippen LogP contribution in [0.15, 0.2) is 60.7 Å². The standard InChI is InChI=1S/C25H26F2N4O2/c26-22-9-8-20(14-23(22)27)29-24(32)15-28-25(33)17-31-12-10-30(11-13-31)16-19-6-3-5-18-4-1-2-7-21(18)19/h1-9,14H,10-13,15-17H2,(H,28,33)(H,29,32). The fraction of sp³-hybridized carbons (Fsp3) is 0.280. The topological polar surface area (TPSA) is 64.7 Å². The summed E-state index contributed by atoms with van der Waals surface area (Å²) in [7, 11) is 0. The number of anilines is 1. The van der Waals surface area contributed by atoms with Gasteiger partial charge in [0.1, 0.15) is 0 Å². The number of nitrogens with one attached hydrogen (secondary N) is 2. The normalized spacial score (nSPS) is 14.8. The second-order valence-corrected chi connectivity index (χ2v) is 8.14. The van der Waals surface area contributed by atoms with E-state index in [4.69, 9.17) is 0 Å². The molecular weight excluding hydrogens is 426 g/mol. The Hall–Kier alpha value is -3.36. The lowest BCUT2D eigenvalue weighted by molar-refractivity contribution is -0.125. The summed E-state index contributed by atoms with van der Waals surface area (Å²) < 4.78 is 26.2. The monoisotopic (exact) mass is 452 g/mol. The third-order valence-electron chi connectivity index (χ3n) is 5.76. The average Bonchev–Trinajstić information content (AvgIpc) is 2.82. The van der Waals surface area contributed by atoms with Gasteiger partial charge in [0.15, 0.2) is 11.6 Å². The number of fused-ring (bicyclic) bond motifs is 1. The molecule has 0 unspecified atom stereocenters. The van der Waals surface area contributed by atoms with E-state index in [9.17, 15) is 18.4 Å². The Morgan fingerprint density at radius 2 is 1.55 bits per heavy atom. The SMILES string of the molecule is O=C(CN1CCN(Cc2cccc3ccccc23)CC1)NCC(=O)Nc1ccc(F)c(F)c1. The van der Waals surface area contributed by atoms with E-state index in [1.165, 1.54) is 22.4 Å². The highest BCUT2D eigenvalue weighted by Crippen LogP contribution is 2.20. The van der Waals surface area contributed by atoms with Crippen molar-refractivity contribution in [3.05, 3.63) is 77.9 Å². The van der Waals surface area contributed by atoms with E-state index < -0.39 is 17.5 Å². The van der Waals surface area contributed by atoms with Crippen molar-refractivity contribution in [2.75, 3.05) is 44.6 Å². The number of amides is 2. The van der Waals surface area contributed by atoms with Gasteiger partial charge in [0.05, 0.1) is 13.1 Å². The molecule has 0 aromatic heterocycles. The van der Waals surface area contributed by atoms with Crippen LogP contribution in [0.3, 0.4) is 0 Å². The molecule has 3 aromatic carbocycles. The van der Waals surface area contributed by atoms with Crippen molar-refractivity contribution in [2.45, 2.75) is 6.54 Å². The number of halogens is 2. The zero-order chi connectivity index (χ0) is 23.2. The first-order valence-corrected chi connectivity index (χ1v) is 10.9. The third-order valence-corrected chi connectivity index (χ3v) is 5.76. The van der Waals surface area contributed by atoms with E-state index in [0.717, 1.165) is 44.9 Å². The van der Waals surface area contributed by atoms with Gasteiger partial charge in [0, 0.05) is 44.5 Å². The Balaban J connectivity index is 1.19. The van der Waals surface area contributed by atoms with Crippen LogP contribution in [0.25, 0.3) is 10.8 Å². The third kappa shape index (κ3) is 6.12. The first kappa shape index (κ1) is 22.8. The Morgan fingerprint density at radius 1 is 0.818 bits per heavy atom. The number of rotatable bonds is 7. The van der Waals surface area contributed by atoms with Crippen molar-refractivity contribution in [1.29, 1.82) is 0 Å². The van der Waals surface area contributed by atoms with Crippen LogP contribution in [0, 0.1) is 11.6 Å². The average molecular weight is 453 g/mol. The minimum atomic E-state index is -1.04. The highest BCUT2D eigenvalue weighted by atomic mass is 19.2. The largest absolute Gasteiger partial charge is 0.346 e. The van der Waals surface area contributed by atoms with Crippen LogP contribution in [0.2, 0.25) is 0 Å². The van der Waals surface area contributed by atoms with E-state index >= 15 is 0 Å². The van der Waals surface area contributed by atoms with E-state index in [2.05, 4.69) is 56.8 Å². The summed E-state index contributed by atoms with van der Waals surface area (Å²) in [4.78, 5) is 28.6. The van der Waals surface area contributed by atoms with Gasteiger partial charge in [-0.25, -0.2) is 8.78 Å². The minimum absolute atomic E-state index is 0.135. The Labute approximate surface area is 191 Å². The Morgan fingerprint density at radius 3 is 2.33 bits per heavy atom. The van der Waals surface area contributed by atoms with Crippen molar-refractivity contribution in [2.24, 2.45) is 0 Å². The molecule has 0 atom stereocenters. The van der Waals surface area contributed by atoms with Gasteiger partial charge in [-0.1, -0.05) is 42.5 Å².